The maximum atomic E-state index is 11.3. The van der Waals surface area contributed by atoms with Crippen LogP contribution in [0.4, 0.5) is 0 Å². The molecular formula is C47H80O35. The van der Waals surface area contributed by atoms with E-state index < -0.39 is 261 Å². The largest absolute Gasteiger partial charge is 0.394 e. The van der Waals surface area contributed by atoms with E-state index in [1.54, 1.807) is 0 Å². The molecule has 82 heavy (non-hydrogen) atoms. The summed E-state index contributed by atoms with van der Waals surface area (Å²) >= 11 is 0. The fourth-order valence-corrected chi connectivity index (χ4v) is 10.4. The third-order valence-electron chi connectivity index (χ3n) is 15.4. The molecule has 478 valence electrons. The predicted molar refractivity (Wildman–Crippen MR) is 254 cm³/mol. The van der Waals surface area contributed by atoms with Crippen LogP contribution in [0.1, 0.15) is 20.3 Å². The molecule has 0 aliphatic carbocycles. The fourth-order valence-electron chi connectivity index (χ4n) is 10.4. The predicted octanol–water partition coefficient (Wildman–Crippen LogP) is -13.3. The van der Waals surface area contributed by atoms with E-state index in [0.29, 0.717) is 0 Å². The average Bonchev–Trinajstić information content (AvgIpc) is 3.01. The van der Waals surface area contributed by atoms with E-state index in [0.717, 1.165) is 6.42 Å². The molecule has 0 amide bonds. The Morgan fingerprint density at radius 3 is 0.439 bits per heavy atom. The zero-order valence-corrected chi connectivity index (χ0v) is 44.2. The summed E-state index contributed by atoms with van der Waals surface area (Å²) in [5, 5.41) is 230. The fraction of sp³-hybridized carbons (Fsp3) is 0.957. The van der Waals surface area contributed by atoms with Crippen molar-refractivity contribution in [2.24, 2.45) is 0 Å². The van der Waals surface area contributed by atoms with Crippen LogP contribution in [0.5, 0.6) is 0 Å². The third-order valence-corrected chi connectivity index (χ3v) is 15.4. The molecular weight excluding hydrogens is 1120 g/mol. The Balaban J connectivity index is 0.00000185. The second-order valence-corrected chi connectivity index (χ2v) is 21.0. The van der Waals surface area contributed by atoms with Crippen molar-refractivity contribution < 1.29 is 174 Å². The Morgan fingerprint density at radius 2 is 0.354 bits per heavy atom. The second kappa shape index (κ2) is 29.6. The number of hydrogen-bond acceptors (Lipinski definition) is 35. The molecule has 21 aliphatic rings. The van der Waals surface area contributed by atoms with Gasteiger partial charge in [-0.1, -0.05) is 12.5 Å². The first kappa shape index (κ1) is 67.8. The van der Waals surface area contributed by atoms with Crippen molar-refractivity contribution in [2.75, 3.05) is 46.2 Å². The van der Waals surface area contributed by atoms with Crippen LogP contribution in [0.25, 0.3) is 0 Å². The molecule has 21 heterocycles. The third kappa shape index (κ3) is 14.1. The van der Waals surface area contributed by atoms with Gasteiger partial charge in [-0.05, 0) is 13.3 Å². The first-order valence-electron chi connectivity index (χ1n) is 26.5. The summed E-state index contributed by atoms with van der Waals surface area (Å²) < 4.78 is 79.5. The molecule has 21 fully saturated rings. The van der Waals surface area contributed by atoms with E-state index in [1.807, 2.05) is 6.92 Å². The smallest absolute Gasteiger partial charge is 0.187 e. The lowest BCUT2D eigenvalue weighted by atomic mass is 9.95. The van der Waals surface area contributed by atoms with Gasteiger partial charge in [-0.15, -0.1) is 6.58 Å². The van der Waals surface area contributed by atoms with Crippen molar-refractivity contribution in [1.82, 2.24) is 0 Å². The van der Waals surface area contributed by atoms with Crippen LogP contribution in [0, 0.1) is 0 Å². The second-order valence-electron chi connectivity index (χ2n) is 21.0. The Labute approximate surface area is 466 Å². The van der Waals surface area contributed by atoms with Gasteiger partial charge in [-0.25, -0.2) is 0 Å². The Hall–Kier alpha value is -1.66. The van der Waals surface area contributed by atoms with Gasteiger partial charge in [0.2, 0.25) is 0 Å². The number of hydrogen-bond donors (Lipinski definition) is 21. The monoisotopic (exact) mass is 1200 g/mol. The van der Waals surface area contributed by atoms with Crippen molar-refractivity contribution in [1.29, 1.82) is 0 Å². The molecule has 21 rings (SSSR count). The highest BCUT2D eigenvalue weighted by molar-refractivity contribution is 5.02. The molecule has 14 bridgehead atoms. The molecule has 0 aromatic rings. The summed E-state index contributed by atoms with van der Waals surface area (Å²) in [5.74, 6) is 0. The summed E-state index contributed by atoms with van der Waals surface area (Å²) in [4.78, 5) is 0. The topological polar surface area (TPSA) is 554 Å². The molecule has 0 unspecified atom stereocenters. The molecule has 0 aromatic carbocycles. The van der Waals surface area contributed by atoms with Gasteiger partial charge in [0.1, 0.15) is 171 Å². The van der Waals surface area contributed by atoms with Gasteiger partial charge in [0.05, 0.1) is 46.2 Å². The van der Waals surface area contributed by atoms with Crippen LogP contribution in [-0.2, 0) is 66.3 Å². The Kier molecular flexibility index (Phi) is 24.5. The summed E-state index contributed by atoms with van der Waals surface area (Å²) in [6, 6.07) is 0. The highest BCUT2D eigenvalue weighted by atomic mass is 16.8. The molecule has 35 nitrogen and oxygen atoms in total. The zero-order chi connectivity index (χ0) is 60.3. The summed E-state index contributed by atoms with van der Waals surface area (Å²) in [7, 11) is 0. The lowest BCUT2D eigenvalue weighted by Crippen LogP contribution is -2.68. The van der Waals surface area contributed by atoms with Crippen molar-refractivity contribution in [3.05, 3.63) is 12.2 Å². The van der Waals surface area contributed by atoms with E-state index in [2.05, 4.69) is 13.5 Å². The van der Waals surface area contributed by atoms with Gasteiger partial charge < -0.3 is 174 Å². The van der Waals surface area contributed by atoms with Gasteiger partial charge in [0, 0.05) is 0 Å². The Morgan fingerprint density at radius 1 is 0.244 bits per heavy atom. The SMILES string of the molecule is C=C(C)CC.OC[C@H]1O[C@@H]2O[C@H]3[C@H](O)[C@@H](O)[C@@H](O[C@H]4[C@H](O)[C@@H](O)[C@@H](O[C@H]5[C@H](O)[C@@H](O)[C@@H](O[C@H]6[C@H](O)[C@@H](O)[C@@H](O[C@H]7[C@H](O)[C@@H](O)[C@@H](O[C@H]8[C@H](O)[C@@H](O)[C@@H](O[C@H]1[C@H](O)[C@H]2O)O[C@@H]8CO)O[C@@H]7CO)O[C@@H]6CO)O[C@@H]5CO)O[C@@H]4CO)O[C@@H]3CO. The molecule has 0 saturated carbocycles. The van der Waals surface area contributed by atoms with Gasteiger partial charge in [-0.3, -0.25) is 0 Å². The van der Waals surface area contributed by atoms with Crippen LogP contribution in [-0.4, -0.2) is 368 Å². The van der Waals surface area contributed by atoms with E-state index in [1.165, 1.54) is 5.57 Å². The number of aliphatic hydroxyl groups is 21. The molecule has 0 aromatic heterocycles. The lowest BCUT2D eigenvalue weighted by Gasteiger charge is -2.50. The first-order valence-corrected chi connectivity index (χ1v) is 26.5. The highest BCUT2D eigenvalue weighted by Crippen LogP contribution is 2.39. The zero-order valence-electron chi connectivity index (χ0n) is 44.2. The van der Waals surface area contributed by atoms with E-state index >= 15 is 0 Å². The summed E-state index contributed by atoms with van der Waals surface area (Å²) in [5.41, 5.74) is 1.25. The van der Waals surface area contributed by atoms with E-state index in [-0.39, 0.29) is 0 Å². The van der Waals surface area contributed by atoms with Gasteiger partial charge in [0.25, 0.3) is 0 Å². The van der Waals surface area contributed by atoms with Gasteiger partial charge in [-0.2, -0.15) is 0 Å². The van der Waals surface area contributed by atoms with E-state index in [9.17, 15) is 107 Å². The average molecular weight is 1210 g/mol. The van der Waals surface area contributed by atoms with Crippen molar-refractivity contribution in [3.63, 3.8) is 0 Å². The minimum atomic E-state index is -2.21. The van der Waals surface area contributed by atoms with Crippen molar-refractivity contribution in [2.45, 2.75) is 235 Å². The quantitative estimate of drug-likeness (QED) is 0.100. The van der Waals surface area contributed by atoms with E-state index in [4.69, 9.17) is 66.3 Å². The number of aliphatic hydroxyl groups excluding tert-OH is 21. The van der Waals surface area contributed by atoms with Gasteiger partial charge >= 0.3 is 0 Å². The molecule has 35 heteroatoms. The minimum absolute atomic E-state index is 1.05. The molecule has 35 atom stereocenters. The Bertz CT molecular complexity index is 1590. The van der Waals surface area contributed by atoms with Crippen LogP contribution < -0.4 is 0 Å². The highest BCUT2D eigenvalue weighted by Gasteiger charge is 2.59. The number of ether oxygens (including phenoxy) is 14. The van der Waals surface area contributed by atoms with Crippen LogP contribution in [0.3, 0.4) is 0 Å². The maximum absolute atomic E-state index is 11.3. The molecule has 21 saturated heterocycles. The molecule has 21 aliphatic heterocycles. The first-order chi connectivity index (χ1) is 38.9. The standard InChI is InChI=1S/C42H70O35.C5H10/c43-1-8-29-15(50)22(57)36(64-8)72-30-9(2-44)66-38(24(59)17(30)52)74-32-11(4-46)68-40(26(61)19(32)54)76-34-13(6-48)70-42(28(63)21(34)56)77-35-14(7-49)69-41(27(62)20(35)55)75-33-12(5-47)67-39(25(60)18(33)53)73-31-10(3-45)65-37(71-29)23(58)16(31)51;1-4-5(2)3/h8-63H,1-7H2;2,4H2,1,3H3/t8-,9-,10-,11-,12-,13-,14-,15-,16-,17-,18-,19-,20-,21-,22-,23-,24-,25-,26-,27-,28-,29-,30-,31-,32-,33-,34-,35-,36-,37-,38-,39-,40-,41-,42-;/m1./s1. The van der Waals surface area contributed by atoms with Crippen LogP contribution >= 0.6 is 0 Å². The normalized spacial score (nSPS) is 52.5. The van der Waals surface area contributed by atoms with Crippen molar-refractivity contribution in [3.8, 4) is 0 Å². The number of rotatable bonds is 8. The van der Waals surface area contributed by atoms with Crippen LogP contribution in [0.2, 0.25) is 0 Å². The maximum Gasteiger partial charge on any atom is 0.187 e. The number of allylic oxidation sites excluding steroid dienone is 1. The molecule has 0 spiro atoms. The van der Waals surface area contributed by atoms with Crippen molar-refractivity contribution >= 4 is 0 Å². The molecule has 0 radical (unpaired) electrons. The summed E-state index contributed by atoms with van der Waals surface area (Å²) in [6.45, 7) is 0.474. The minimum Gasteiger partial charge on any atom is -0.394 e. The van der Waals surface area contributed by atoms with Gasteiger partial charge in [0.15, 0.2) is 44.0 Å². The lowest BCUT2D eigenvalue weighted by molar-refractivity contribution is -0.396. The van der Waals surface area contributed by atoms with Crippen LogP contribution in [0.15, 0.2) is 12.2 Å². The summed E-state index contributed by atoms with van der Waals surface area (Å²) in [6.07, 6.45) is -69.1. The molecule has 21 N–H and O–H groups in total.